The summed E-state index contributed by atoms with van der Waals surface area (Å²) in [7, 11) is 1.93. The largest absolute Gasteiger partial charge is 0.284 e. The fraction of sp³-hybridized carbons (Fsp3) is 0.529. The molecule has 0 radical (unpaired) electrons. The van der Waals surface area contributed by atoms with Gasteiger partial charge in [-0.15, -0.1) is 0 Å². The van der Waals surface area contributed by atoms with E-state index in [2.05, 4.69) is 0 Å². The maximum atomic E-state index is 12.6. The highest BCUT2D eigenvalue weighted by molar-refractivity contribution is 6.30. The number of halogens is 1. The predicted octanol–water partition coefficient (Wildman–Crippen LogP) is 3.05. The second-order valence-electron chi connectivity index (χ2n) is 6.57. The van der Waals surface area contributed by atoms with Gasteiger partial charge in [-0.3, -0.25) is 19.4 Å². The summed E-state index contributed by atoms with van der Waals surface area (Å²) in [6, 6.07) is 7.63. The number of amides is 2. The molecule has 22 heavy (non-hydrogen) atoms. The van der Waals surface area contributed by atoms with Crippen LogP contribution in [0.15, 0.2) is 24.3 Å². The van der Waals surface area contributed by atoms with Crippen LogP contribution in [0.3, 0.4) is 0 Å². The minimum atomic E-state index is -0.377. The Morgan fingerprint density at radius 1 is 1.18 bits per heavy atom. The molecule has 0 aromatic heterocycles. The Bertz CT molecular complexity index is 579. The van der Waals surface area contributed by atoms with E-state index in [9.17, 15) is 9.59 Å². The lowest BCUT2D eigenvalue weighted by molar-refractivity contribution is -0.143. The summed E-state index contributed by atoms with van der Waals surface area (Å²) < 4.78 is 0. The summed E-state index contributed by atoms with van der Waals surface area (Å²) in [6.45, 7) is 1.04. The van der Waals surface area contributed by atoms with Gasteiger partial charge < -0.3 is 0 Å². The van der Waals surface area contributed by atoms with Crippen LogP contribution in [0.5, 0.6) is 0 Å². The van der Waals surface area contributed by atoms with Gasteiger partial charge in [-0.2, -0.15) is 0 Å². The van der Waals surface area contributed by atoms with Gasteiger partial charge in [0, 0.05) is 18.0 Å². The van der Waals surface area contributed by atoms with Gasteiger partial charge in [0.2, 0.25) is 11.8 Å². The highest BCUT2D eigenvalue weighted by atomic mass is 35.5. The summed E-state index contributed by atoms with van der Waals surface area (Å²) in [5.74, 6) is 0.0211. The molecular weight excluding hydrogens is 300 g/mol. The molecule has 1 aromatic rings. The van der Waals surface area contributed by atoms with Crippen LogP contribution in [0.1, 0.15) is 37.7 Å². The van der Waals surface area contributed by atoms with Gasteiger partial charge in [0.1, 0.15) is 0 Å². The molecule has 0 unspecified atom stereocenters. The molecule has 1 spiro atoms. The average Bonchev–Trinajstić information content (AvgIpc) is 3.03. The third kappa shape index (κ3) is 2.90. The molecule has 0 bridgehead atoms. The molecular formula is C17H21ClN2O2. The minimum Gasteiger partial charge on any atom is -0.284 e. The van der Waals surface area contributed by atoms with E-state index < -0.39 is 0 Å². The van der Waals surface area contributed by atoms with Gasteiger partial charge in [0.25, 0.3) is 0 Å². The zero-order valence-electron chi connectivity index (χ0n) is 12.8. The SMILES string of the molecule is CN(Cc1ccc(Cl)cc1)CN1C(=O)CC2(CCCC2)C1=O. The normalized spacial score (nSPS) is 20.6. The molecule has 1 aromatic carbocycles. The van der Waals surface area contributed by atoms with E-state index in [1.807, 2.05) is 36.2 Å². The fourth-order valence-corrected chi connectivity index (χ4v) is 3.76. The Kier molecular flexibility index (Phi) is 4.24. The van der Waals surface area contributed by atoms with Gasteiger partial charge in [-0.05, 0) is 37.6 Å². The average molecular weight is 321 g/mol. The number of rotatable bonds is 4. The van der Waals surface area contributed by atoms with Gasteiger partial charge in [-0.1, -0.05) is 36.6 Å². The third-order valence-corrected chi connectivity index (χ3v) is 5.05. The summed E-state index contributed by atoms with van der Waals surface area (Å²) >= 11 is 5.88. The first-order chi connectivity index (χ1) is 10.5. The van der Waals surface area contributed by atoms with E-state index >= 15 is 0 Å². The second kappa shape index (κ2) is 6.01. The standard InChI is InChI=1S/C17H21ClN2O2/c1-19(11-13-4-6-14(18)7-5-13)12-20-15(21)10-17(16(20)22)8-2-3-9-17/h4-7H,2-3,8-12H2,1H3. The Labute approximate surface area is 136 Å². The van der Waals surface area contributed by atoms with Crippen LogP contribution in [-0.2, 0) is 16.1 Å². The van der Waals surface area contributed by atoms with Crippen molar-refractivity contribution in [3.8, 4) is 0 Å². The molecule has 1 saturated carbocycles. The number of carbonyl (C=O) groups is 2. The molecule has 2 fully saturated rings. The van der Waals surface area contributed by atoms with Crippen molar-refractivity contribution in [2.24, 2.45) is 5.41 Å². The molecule has 0 atom stereocenters. The number of hydrogen-bond acceptors (Lipinski definition) is 3. The molecule has 0 N–H and O–H groups in total. The number of benzene rings is 1. The van der Waals surface area contributed by atoms with Crippen LogP contribution in [0.2, 0.25) is 5.02 Å². The van der Waals surface area contributed by atoms with Crippen molar-refractivity contribution in [1.29, 1.82) is 0 Å². The Morgan fingerprint density at radius 2 is 1.82 bits per heavy atom. The quantitative estimate of drug-likeness (QED) is 0.801. The number of likely N-dealkylation sites (tertiary alicyclic amines) is 1. The molecule has 4 nitrogen and oxygen atoms in total. The monoisotopic (exact) mass is 320 g/mol. The van der Waals surface area contributed by atoms with E-state index in [1.54, 1.807) is 0 Å². The Balaban J connectivity index is 1.63. The molecule has 1 saturated heterocycles. The summed E-state index contributed by atoms with van der Waals surface area (Å²) in [6.07, 6.45) is 4.27. The lowest BCUT2D eigenvalue weighted by Gasteiger charge is -2.25. The molecule has 3 rings (SSSR count). The van der Waals surface area contributed by atoms with Crippen LogP contribution >= 0.6 is 11.6 Å². The van der Waals surface area contributed by atoms with E-state index in [0.717, 1.165) is 31.2 Å². The van der Waals surface area contributed by atoms with E-state index in [1.165, 1.54) is 4.90 Å². The first-order valence-corrected chi connectivity index (χ1v) is 8.16. The fourth-order valence-electron chi connectivity index (χ4n) is 3.64. The molecule has 1 aliphatic heterocycles. The predicted molar refractivity (Wildman–Crippen MR) is 85.2 cm³/mol. The first kappa shape index (κ1) is 15.5. The summed E-state index contributed by atoms with van der Waals surface area (Å²) in [5.41, 5.74) is 0.736. The molecule has 1 aliphatic carbocycles. The highest BCUT2D eigenvalue weighted by Crippen LogP contribution is 2.46. The maximum absolute atomic E-state index is 12.6. The molecule has 2 aliphatic rings. The van der Waals surface area contributed by atoms with Crippen molar-refractivity contribution in [2.45, 2.75) is 38.6 Å². The van der Waals surface area contributed by atoms with E-state index in [0.29, 0.717) is 24.7 Å². The van der Waals surface area contributed by atoms with Gasteiger partial charge >= 0.3 is 0 Å². The van der Waals surface area contributed by atoms with Gasteiger partial charge in [0.05, 0.1) is 12.1 Å². The zero-order valence-corrected chi connectivity index (χ0v) is 13.6. The van der Waals surface area contributed by atoms with E-state index in [-0.39, 0.29) is 17.2 Å². The van der Waals surface area contributed by atoms with Crippen LogP contribution < -0.4 is 0 Å². The second-order valence-corrected chi connectivity index (χ2v) is 7.01. The Hall–Kier alpha value is -1.39. The smallest absolute Gasteiger partial charge is 0.237 e. The topological polar surface area (TPSA) is 40.6 Å². The Morgan fingerprint density at radius 3 is 2.45 bits per heavy atom. The number of nitrogens with zero attached hydrogens (tertiary/aromatic N) is 2. The third-order valence-electron chi connectivity index (χ3n) is 4.80. The molecule has 5 heteroatoms. The van der Waals surface area contributed by atoms with Crippen molar-refractivity contribution < 1.29 is 9.59 Å². The van der Waals surface area contributed by atoms with Crippen molar-refractivity contribution in [2.75, 3.05) is 13.7 Å². The van der Waals surface area contributed by atoms with Crippen LogP contribution in [0.4, 0.5) is 0 Å². The summed E-state index contributed by atoms with van der Waals surface area (Å²) in [5, 5.41) is 0.708. The van der Waals surface area contributed by atoms with Crippen molar-refractivity contribution in [3.63, 3.8) is 0 Å². The summed E-state index contributed by atoms with van der Waals surface area (Å²) in [4.78, 5) is 28.3. The zero-order chi connectivity index (χ0) is 15.7. The highest BCUT2D eigenvalue weighted by Gasteiger charge is 2.52. The molecule has 2 amide bonds. The lowest BCUT2D eigenvalue weighted by Crippen LogP contribution is -2.41. The maximum Gasteiger partial charge on any atom is 0.237 e. The number of hydrogen-bond donors (Lipinski definition) is 0. The van der Waals surface area contributed by atoms with E-state index in [4.69, 9.17) is 11.6 Å². The van der Waals surface area contributed by atoms with Crippen molar-refractivity contribution >= 4 is 23.4 Å². The van der Waals surface area contributed by atoms with Crippen LogP contribution in [0, 0.1) is 5.41 Å². The van der Waals surface area contributed by atoms with Crippen LogP contribution in [0.25, 0.3) is 0 Å². The minimum absolute atomic E-state index is 0.0187. The first-order valence-electron chi connectivity index (χ1n) is 7.78. The molecule has 118 valence electrons. The van der Waals surface area contributed by atoms with Crippen molar-refractivity contribution in [3.05, 3.63) is 34.9 Å². The van der Waals surface area contributed by atoms with Crippen LogP contribution in [-0.4, -0.2) is 35.3 Å². The number of imide groups is 1. The number of carbonyl (C=O) groups excluding carboxylic acids is 2. The van der Waals surface area contributed by atoms with Gasteiger partial charge in [0.15, 0.2) is 0 Å². The lowest BCUT2D eigenvalue weighted by atomic mass is 9.85. The van der Waals surface area contributed by atoms with Crippen molar-refractivity contribution in [1.82, 2.24) is 9.80 Å². The molecule has 1 heterocycles. The van der Waals surface area contributed by atoms with Gasteiger partial charge in [-0.25, -0.2) is 0 Å².